The Balaban J connectivity index is 3.13. The van der Waals surface area contributed by atoms with Gasteiger partial charge in [-0.25, -0.2) is 8.78 Å². The normalized spacial score (nSPS) is 12.9. The van der Waals surface area contributed by atoms with Crippen molar-refractivity contribution in [3.8, 4) is 0 Å². The van der Waals surface area contributed by atoms with E-state index in [2.05, 4.69) is 12.6 Å². The lowest BCUT2D eigenvalue weighted by Crippen LogP contribution is -2.02. The second-order valence-corrected chi connectivity index (χ2v) is 4.01. The number of Topliss-reactive ketones (excluding diaryl/α,β-unsaturated/α-hetero) is 1. The Morgan fingerprint density at radius 1 is 1.47 bits per heavy atom. The van der Waals surface area contributed by atoms with Crippen LogP contribution in [0, 0.1) is 0 Å². The third kappa shape index (κ3) is 2.92. The molecule has 0 N–H and O–H groups in total. The second kappa shape index (κ2) is 4.94. The third-order valence-corrected chi connectivity index (χ3v) is 2.90. The number of alkyl halides is 3. The number of carbonyl (C=O) groups is 1. The van der Waals surface area contributed by atoms with Crippen molar-refractivity contribution in [1.29, 1.82) is 0 Å². The van der Waals surface area contributed by atoms with Gasteiger partial charge in [0, 0.05) is 10.5 Å². The van der Waals surface area contributed by atoms with Crippen LogP contribution in [-0.4, -0.2) is 5.78 Å². The van der Waals surface area contributed by atoms with Crippen LogP contribution >= 0.6 is 24.2 Å². The molecule has 1 atom stereocenters. The molecule has 0 bridgehead atoms. The molecule has 0 aromatic heterocycles. The number of ketones is 1. The van der Waals surface area contributed by atoms with Gasteiger partial charge in [-0.05, 0) is 24.6 Å². The Kier molecular flexibility index (Phi) is 4.11. The van der Waals surface area contributed by atoms with E-state index in [1.165, 1.54) is 25.1 Å². The molecule has 82 valence electrons. The molecular weight excluding hydrogens is 242 g/mol. The average Bonchev–Trinajstić information content (AvgIpc) is 2.16. The van der Waals surface area contributed by atoms with Crippen LogP contribution in [0.25, 0.3) is 0 Å². The lowest BCUT2D eigenvalue weighted by molar-refractivity contribution is -0.116. The lowest BCUT2D eigenvalue weighted by atomic mass is 10.1. The van der Waals surface area contributed by atoms with E-state index in [0.29, 0.717) is 5.56 Å². The molecule has 15 heavy (non-hydrogen) atoms. The van der Waals surface area contributed by atoms with Crippen LogP contribution in [0.4, 0.5) is 8.78 Å². The van der Waals surface area contributed by atoms with Gasteiger partial charge in [-0.2, -0.15) is 0 Å². The maximum absolute atomic E-state index is 12.5. The zero-order valence-electron chi connectivity index (χ0n) is 7.88. The van der Waals surface area contributed by atoms with Crippen molar-refractivity contribution in [1.82, 2.24) is 0 Å². The van der Waals surface area contributed by atoms with Crippen LogP contribution in [0.1, 0.15) is 29.9 Å². The van der Waals surface area contributed by atoms with Gasteiger partial charge in [0.05, 0.1) is 0 Å². The van der Waals surface area contributed by atoms with Gasteiger partial charge in [0.15, 0.2) is 5.78 Å². The summed E-state index contributed by atoms with van der Waals surface area (Å²) in [5.41, 5.74) is 0.167. The first-order chi connectivity index (χ1) is 6.93. The highest BCUT2D eigenvalue weighted by atomic mass is 35.5. The van der Waals surface area contributed by atoms with Crippen LogP contribution in [0.15, 0.2) is 23.1 Å². The summed E-state index contributed by atoms with van der Waals surface area (Å²) in [5, 5.41) is -0.878. The van der Waals surface area contributed by atoms with E-state index in [9.17, 15) is 13.6 Å². The maximum atomic E-state index is 12.5. The minimum atomic E-state index is -2.62. The van der Waals surface area contributed by atoms with Crippen molar-refractivity contribution in [2.45, 2.75) is 23.6 Å². The number of hydrogen-bond acceptors (Lipinski definition) is 2. The number of halogens is 3. The Bertz CT molecular complexity index is 382. The highest BCUT2D eigenvalue weighted by Crippen LogP contribution is 2.30. The topological polar surface area (TPSA) is 17.1 Å². The summed E-state index contributed by atoms with van der Waals surface area (Å²) in [6.45, 7) is 1.31. The fourth-order valence-corrected chi connectivity index (χ4v) is 1.51. The first kappa shape index (κ1) is 12.5. The van der Waals surface area contributed by atoms with Gasteiger partial charge < -0.3 is 0 Å². The van der Waals surface area contributed by atoms with Crippen molar-refractivity contribution in [2.24, 2.45) is 0 Å². The van der Waals surface area contributed by atoms with Crippen molar-refractivity contribution < 1.29 is 13.6 Å². The number of carbonyl (C=O) groups excluding carboxylic acids is 1. The molecular formula is C10H9ClF2OS. The molecule has 0 heterocycles. The van der Waals surface area contributed by atoms with Crippen LogP contribution in [0.2, 0.25) is 0 Å². The molecule has 0 spiro atoms. The van der Waals surface area contributed by atoms with Gasteiger partial charge in [0.25, 0.3) is 6.43 Å². The molecule has 0 saturated carbocycles. The molecule has 5 heteroatoms. The zero-order valence-corrected chi connectivity index (χ0v) is 9.53. The molecule has 0 saturated heterocycles. The first-order valence-corrected chi connectivity index (χ1v) is 5.07. The quantitative estimate of drug-likeness (QED) is 0.638. The molecule has 1 rings (SSSR count). The summed E-state index contributed by atoms with van der Waals surface area (Å²) >= 11 is 9.65. The summed E-state index contributed by atoms with van der Waals surface area (Å²) in [6, 6.07) is 4.15. The van der Waals surface area contributed by atoms with Crippen LogP contribution in [0.3, 0.4) is 0 Å². The van der Waals surface area contributed by atoms with Gasteiger partial charge in [-0.15, -0.1) is 24.2 Å². The van der Waals surface area contributed by atoms with Gasteiger partial charge >= 0.3 is 0 Å². The molecule has 0 radical (unpaired) electrons. The number of rotatable bonds is 3. The molecule has 1 unspecified atom stereocenters. The Morgan fingerprint density at radius 3 is 2.53 bits per heavy atom. The molecule has 0 amide bonds. The fraction of sp³-hybridized carbons (Fsp3) is 0.300. The SMILES string of the molecule is CC(=O)C(Cl)c1ccc(S)c(C(F)F)c1. The smallest absolute Gasteiger partial charge is 0.264 e. The second-order valence-electron chi connectivity index (χ2n) is 3.09. The van der Waals surface area contributed by atoms with E-state index in [0.717, 1.165) is 0 Å². The largest absolute Gasteiger partial charge is 0.298 e. The highest BCUT2D eigenvalue weighted by Gasteiger charge is 2.17. The summed E-state index contributed by atoms with van der Waals surface area (Å²) in [7, 11) is 0. The minimum absolute atomic E-state index is 0.196. The van der Waals surface area contributed by atoms with Gasteiger partial charge in [0.1, 0.15) is 5.38 Å². The number of benzene rings is 1. The standard InChI is InChI=1S/C10H9ClF2OS/c1-5(14)9(11)6-2-3-8(15)7(4-6)10(12)13/h2-4,9-10,15H,1H3. The zero-order chi connectivity index (χ0) is 11.6. The molecule has 0 aliphatic rings. The molecule has 1 aromatic rings. The van der Waals surface area contributed by atoms with E-state index < -0.39 is 11.8 Å². The van der Waals surface area contributed by atoms with Crippen molar-refractivity contribution in [2.75, 3.05) is 0 Å². The Labute approximate surface area is 96.8 Å². The Hall–Kier alpha value is -0.610. The number of hydrogen-bond donors (Lipinski definition) is 1. The molecule has 0 fully saturated rings. The van der Waals surface area contributed by atoms with Gasteiger partial charge in [-0.1, -0.05) is 6.07 Å². The van der Waals surface area contributed by atoms with Gasteiger partial charge in [-0.3, -0.25) is 4.79 Å². The average molecular weight is 251 g/mol. The molecule has 1 aromatic carbocycles. The predicted octanol–water partition coefficient (Wildman–Crippen LogP) is 3.78. The first-order valence-electron chi connectivity index (χ1n) is 4.19. The lowest BCUT2D eigenvalue weighted by Gasteiger charge is -2.10. The van der Waals surface area contributed by atoms with E-state index in [4.69, 9.17) is 11.6 Å². The highest BCUT2D eigenvalue weighted by molar-refractivity contribution is 7.80. The van der Waals surface area contributed by atoms with Crippen molar-refractivity contribution >= 4 is 30.0 Å². The van der Waals surface area contributed by atoms with Crippen LogP contribution in [0.5, 0.6) is 0 Å². The summed E-state index contributed by atoms with van der Waals surface area (Å²) in [5.74, 6) is -0.274. The summed E-state index contributed by atoms with van der Waals surface area (Å²) in [6.07, 6.45) is -2.62. The Morgan fingerprint density at radius 2 is 2.07 bits per heavy atom. The van der Waals surface area contributed by atoms with E-state index in [1.54, 1.807) is 0 Å². The maximum Gasteiger partial charge on any atom is 0.264 e. The van der Waals surface area contributed by atoms with E-state index in [-0.39, 0.29) is 16.2 Å². The minimum Gasteiger partial charge on any atom is -0.298 e. The van der Waals surface area contributed by atoms with Crippen molar-refractivity contribution in [3.05, 3.63) is 29.3 Å². The fourth-order valence-electron chi connectivity index (χ4n) is 1.14. The molecule has 1 nitrogen and oxygen atoms in total. The van der Waals surface area contributed by atoms with Crippen LogP contribution in [-0.2, 0) is 4.79 Å². The van der Waals surface area contributed by atoms with Crippen LogP contribution < -0.4 is 0 Å². The molecule has 0 aliphatic heterocycles. The summed E-state index contributed by atoms with van der Waals surface area (Å²) in [4.78, 5) is 11.2. The summed E-state index contributed by atoms with van der Waals surface area (Å²) < 4.78 is 25.0. The third-order valence-electron chi connectivity index (χ3n) is 1.94. The van der Waals surface area contributed by atoms with E-state index >= 15 is 0 Å². The predicted molar refractivity (Wildman–Crippen MR) is 57.9 cm³/mol. The monoisotopic (exact) mass is 250 g/mol. The van der Waals surface area contributed by atoms with E-state index in [1.807, 2.05) is 0 Å². The van der Waals surface area contributed by atoms with Crippen molar-refractivity contribution in [3.63, 3.8) is 0 Å². The molecule has 0 aliphatic carbocycles. The number of thiol groups is 1. The van der Waals surface area contributed by atoms with Gasteiger partial charge in [0.2, 0.25) is 0 Å².